The number of anilines is 1. The number of hydrogen-bond acceptors (Lipinski definition) is 3. The lowest BCUT2D eigenvalue weighted by Gasteiger charge is -2.21. The van der Waals surface area contributed by atoms with E-state index in [4.69, 9.17) is 5.73 Å². The number of amides is 2. The largest absolute Gasteiger partial charge is 0.399 e. The van der Waals surface area contributed by atoms with Gasteiger partial charge in [0, 0.05) is 24.8 Å². The van der Waals surface area contributed by atoms with Crippen LogP contribution in [-0.4, -0.2) is 36.9 Å². The zero-order chi connectivity index (χ0) is 14.4. The molecular formula is C14H21N3O2. The van der Waals surface area contributed by atoms with Crippen molar-refractivity contribution in [1.82, 2.24) is 10.2 Å². The van der Waals surface area contributed by atoms with Crippen LogP contribution in [0.2, 0.25) is 0 Å². The Morgan fingerprint density at radius 3 is 2.53 bits per heavy atom. The highest BCUT2D eigenvalue weighted by molar-refractivity contribution is 5.97. The van der Waals surface area contributed by atoms with E-state index in [0.29, 0.717) is 17.8 Å². The van der Waals surface area contributed by atoms with E-state index in [1.807, 2.05) is 13.8 Å². The Labute approximate surface area is 113 Å². The Bertz CT molecular complexity index is 452. The molecule has 0 radical (unpaired) electrons. The monoisotopic (exact) mass is 263 g/mol. The van der Waals surface area contributed by atoms with Crippen LogP contribution in [0, 0.1) is 6.92 Å². The normalized spacial score (nSPS) is 10.1. The van der Waals surface area contributed by atoms with E-state index in [1.165, 1.54) is 4.90 Å². The fourth-order valence-corrected chi connectivity index (χ4v) is 1.89. The van der Waals surface area contributed by atoms with E-state index in [9.17, 15) is 9.59 Å². The summed E-state index contributed by atoms with van der Waals surface area (Å²) in [5.41, 5.74) is 7.76. The Hall–Kier alpha value is -2.04. The molecule has 1 rings (SSSR count). The Balaban J connectivity index is 2.94. The summed E-state index contributed by atoms with van der Waals surface area (Å²) in [5.74, 6) is -0.344. The minimum absolute atomic E-state index is 0.0665. The number of nitrogens with zero attached hydrogens (tertiary/aromatic N) is 1. The van der Waals surface area contributed by atoms with E-state index in [0.717, 1.165) is 12.0 Å². The first-order valence-electron chi connectivity index (χ1n) is 6.35. The Kier molecular flexibility index (Phi) is 5.36. The Morgan fingerprint density at radius 2 is 2.00 bits per heavy atom. The second-order valence-corrected chi connectivity index (χ2v) is 4.53. The minimum Gasteiger partial charge on any atom is -0.399 e. The van der Waals surface area contributed by atoms with Crippen molar-refractivity contribution in [3.8, 4) is 0 Å². The van der Waals surface area contributed by atoms with Crippen molar-refractivity contribution < 1.29 is 9.59 Å². The number of carbonyl (C=O) groups excluding carboxylic acids is 2. The van der Waals surface area contributed by atoms with E-state index in [2.05, 4.69) is 5.32 Å². The van der Waals surface area contributed by atoms with E-state index in [-0.39, 0.29) is 18.4 Å². The van der Waals surface area contributed by atoms with Gasteiger partial charge in [0.15, 0.2) is 0 Å². The van der Waals surface area contributed by atoms with Crippen LogP contribution >= 0.6 is 0 Å². The van der Waals surface area contributed by atoms with Crippen molar-refractivity contribution >= 4 is 17.5 Å². The molecule has 0 aliphatic heterocycles. The predicted molar refractivity (Wildman–Crippen MR) is 75.9 cm³/mol. The Morgan fingerprint density at radius 1 is 1.32 bits per heavy atom. The molecule has 1 aromatic rings. The average molecular weight is 263 g/mol. The van der Waals surface area contributed by atoms with E-state index >= 15 is 0 Å². The van der Waals surface area contributed by atoms with Gasteiger partial charge in [-0.25, -0.2) is 0 Å². The lowest BCUT2D eigenvalue weighted by molar-refractivity contribution is -0.121. The SMILES string of the molecule is CCCN(CC(=O)NC)C(=O)c1cc(C)cc(N)c1. The quantitative estimate of drug-likeness (QED) is 0.783. The fourth-order valence-electron chi connectivity index (χ4n) is 1.89. The molecule has 0 unspecified atom stereocenters. The maximum Gasteiger partial charge on any atom is 0.254 e. The number of benzene rings is 1. The summed E-state index contributed by atoms with van der Waals surface area (Å²) in [4.78, 5) is 25.4. The molecule has 104 valence electrons. The van der Waals surface area contributed by atoms with Crippen LogP contribution in [-0.2, 0) is 4.79 Å². The molecule has 5 nitrogen and oxygen atoms in total. The summed E-state index contributed by atoms with van der Waals surface area (Å²) < 4.78 is 0. The van der Waals surface area contributed by atoms with Crippen molar-refractivity contribution in [2.24, 2.45) is 0 Å². The molecule has 0 heterocycles. The molecule has 19 heavy (non-hydrogen) atoms. The summed E-state index contributed by atoms with van der Waals surface area (Å²) in [6.07, 6.45) is 0.796. The van der Waals surface area contributed by atoms with Gasteiger partial charge in [-0.1, -0.05) is 6.92 Å². The van der Waals surface area contributed by atoms with Gasteiger partial charge in [0.2, 0.25) is 5.91 Å². The molecule has 0 aromatic heterocycles. The molecule has 3 N–H and O–H groups in total. The highest BCUT2D eigenvalue weighted by Crippen LogP contribution is 2.13. The second kappa shape index (κ2) is 6.78. The van der Waals surface area contributed by atoms with E-state index in [1.54, 1.807) is 25.2 Å². The van der Waals surface area contributed by atoms with Crippen molar-refractivity contribution in [2.45, 2.75) is 20.3 Å². The molecular weight excluding hydrogens is 242 g/mol. The average Bonchev–Trinajstić information content (AvgIpc) is 2.36. The third-order valence-electron chi connectivity index (χ3n) is 2.74. The van der Waals surface area contributed by atoms with Gasteiger partial charge in [-0.05, 0) is 37.1 Å². The predicted octanol–water partition coefficient (Wildman–Crippen LogP) is 1.18. The molecule has 0 aliphatic carbocycles. The van der Waals surface area contributed by atoms with Crippen LogP contribution in [0.25, 0.3) is 0 Å². The number of aryl methyl sites for hydroxylation is 1. The van der Waals surface area contributed by atoms with Gasteiger partial charge in [-0.3, -0.25) is 9.59 Å². The second-order valence-electron chi connectivity index (χ2n) is 4.53. The zero-order valence-corrected chi connectivity index (χ0v) is 11.7. The maximum atomic E-state index is 12.4. The maximum absolute atomic E-state index is 12.4. The summed E-state index contributed by atoms with van der Waals surface area (Å²) >= 11 is 0. The van der Waals surface area contributed by atoms with Gasteiger partial charge >= 0.3 is 0 Å². The van der Waals surface area contributed by atoms with Crippen LogP contribution in [0.15, 0.2) is 18.2 Å². The highest BCUT2D eigenvalue weighted by Gasteiger charge is 2.18. The first-order chi connectivity index (χ1) is 8.97. The number of rotatable bonds is 5. The highest BCUT2D eigenvalue weighted by atomic mass is 16.2. The number of hydrogen-bond donors (Lipinski definition) is 2. The number of likely N-dealkylation sites (N-methyl/N-ethyl adjacent to an activating group) is 1. The van der Waals surface area contributed by atoms with Gasteiger partial charge in [0.25, 0.3) is 5.91 Å². The molecule has 0 saturated heterocycles. The molecule has 2 amide bonds. The molecule has 0 fully saturated rings. The summed E-state index contributed by atoms with van der Waals surface area (Å²) in [6.45, 7) is 4.46. The standard InChI is InChI=1S/C14H21N3O2/c1-4-5-17(9-13(18)16-3)14(19)11-6-10(2)7-12(15)8-11/h6-8H,4-5,9,15H2,1-3H3,(H,16,18). The van der Waals surface area contributed by atoms with Crippen molar-refractivity contribution in [1.29, 1.82) is 0 Å². The summed E-state index contributed by atoms with van der Waals surface area (Å²) in [6, 6.07) is 5.23. The van der Waals surface area contributed by atoms with E-state index < -0.39 is 0 Å². The first-order valence-corrected chi connectivity index (χ1v) is 6.35. The van der Waals surface area contributed by atoms with Crippen molar-refractivity contribution in [3.63, 3.8) is 0 Å². The molecule has 0 atom stereocenters. The number of nitrogens with one attached hydrogen (secondary N) is 1. The lowest BCUT2D eigenvalue weighted by Crippen LogP contribution is -2.40. The van der Waals surface area contributed by atoms with Crippen LogP contribution < -0.4 is 11.1 Å². The van der Waals surface area contributed by atoms with Crippen molar-refractivity contribution in [2.75, 3.05) is 25.9 Å². The number of nitrogens with two attached hydrogens (primary N) is 1. The van der Waals surface area contributed by atoms with Gasteiger partial charge in [0.1, 0.15) is 0 Å². The minimum atomic E-state index is -0.178. The van der Waals surface area contributed by atoms with Crippen LogP contribution in [0.1, 0.15) is 29.3 Å². The summed E-state index contributed by atoms with van der Waals surface area (Å²) in [7, 11) is 1.56. The van der Waals surface area contributed by atoms with Crippen LogP contribution in [0.3, 0.4) is 0 Å². The fraction of sp³-hybridized carbons (Fsp3) is 0.429. The van der Waals surface area contributed by atoms with Gasteiger partial charge in [0.05, 0.1) is 6.54 Å². The summed E-state index contributed by atoms with van der Waals surface area (Å²) in [5, 5.41) is 2.53. The van der Waals surface area contributed by atoms with Gasteiger partial charge < -0.3 is 16.0 Å². The molecule has 5 heteroatoms. The molecule has 0 aliphatic rings. The third kappa shape index (κ3) is 4.28. The smallest absolute Gasteiger partial charge is 0.254 e. The topological polar surface area (TPSA) is 75.4 Å². The van der Waals surface area contributed by atoms with Gasteiger partial charge in [-0.2, -0.15) is 0 Å². The van der Waals surface area contributed by atoms with Crippen LogP contribution in [0.5, 0.6) is 0 Å². The molecule has 0 spiro atoms. The molecule has 0 bridgehead atoms. The lowest BCUT2D eigenvalue weighted by atomic mass is 10.1. The van der Waals surface area contributed by atoms with Gasteiger partial charge in [-0.15, -0.1) is 0 Å². The number of carbonyl (C=O) groups is 2. The first kappa shape index (κ1) is 15.0. The van der Waals surface area contributed by atoms with Crippen molar-refractivity contribution in [3.05, 3.63) is 29.3 Å². The molecule has 1 aromatic carbocycles. The molecule has 0 saturated carbocycles. The number of nitrogen functional groups attached to an aromatic ring is 1. The third-order valence-corrected chi connectivity index (χ3v) is 2.74. The van der Waals surface area contributed by atoms with Crippen LogP contribution in [0.4, 0.5) is 5.69 Å². The zero-order valence-electron chi connectivity index (χ0n) is 11.7.